The number of likely N-dealkylation sites (tertiary alicyclic amines) is 1. The monoisotopic (exact) mass is 351 g/mol. The highest BCUT2D eigenvalue weighted by Gasteiger charge is 2.09. The molecule has 1 aliphatic rings. The summed E-state index contributed by atoms with van der Waals surface area (Å²) < 4.78 is 10.6. The topological polar surface area (TPSA) is 45.8 Å². The Balaban J connectivity index is 1.71. The Morgan fingerprint density at radius 1 is 1.12 bits per heavy atom. The lowest BCUT2D eigenvalue weighted by atomic mass is 10.2. The summed E-state index contributed by atoms with van der Waals surface area (Å²) in [7, 11) is 3.27. The summed E-state index contributed by atoms with van der Waals surface area (Å²) in [6, 6.07) is 5.62. The van der Waals surface area contributed by atoms with E-state index >= 15 is 0 Å². The van der Waals surface area contributed by atoms with Crippen LogP contribution >= 0.6 is 12.2 Å². The minimum atomic E-state index is 0.620. The van der Waals surface area contributed by atoms with Gasteiger partial charge in [-0.1, -0.05) is 12.8 Å². The molecule has 1 aromatic carbocycles. The molecule has 1 fully saturated rings. The van der Waals surface area contributed by atoms with E-state index in [1.54, 1.807) is 14.2 Å². The second kappa shape index (κ2) is 10.4. The molecule has 0 bridgehead atoms. The number of nitrogens with zero attached hydrogens (tertiary/aromatic N) is 1. The Labute approximate surface area is 150 Å². The summed E-state index contributed by atoms with van der Waals surface area (Å²) in [5.41, 5.74) is 0.836. The molecule has 0 amide bonds. The average Bonchev–Trinajstić information content (AvgIpc) is 2.88. The van der Waals surface area contributed by atoms with Gasteiger partial charge < -0.3 is 25.0 Å². The van der Waals surface area contributed by atoms with Crippen molar-refractivity contribution >= 4 is 23.0 Å². The summed E-state index contributed by atoms with van der Waals surface area (Å²) in [6.45, 7) is 4.50. The number of thiocarbonyl (C=S) groups is 1. The van der Waals surface area contributed by atoms with Crippen molar-refractivity contribution in [3.63, 3.8) is 0 Å². The maximum absolute atomic E-state index is 5.37. The van der Waals surface area contributed by atoms with E-state index in [9.17, 15) is 0 Å². The van der Waals surface area contributed by atoms with Crippen LogP contribution < -0.4 is 20.1 Å². The lowest BCUT2D eigenvalue weighted by molar-refractivity contribution is 0.282. The Morgan fingerprint density at radius 2 is 1.88 bits per heavy atom. The molecule has 24 heavy (non-hydrogen) atoms. The molecule has 0 aliphatic carbocycles. The normalized spacial score (nSPS) is 15.4. The first-order valence-corrected chi connectivity index (χ1v) is 9.13. The molecular formula is C18H29N3O2S. The second-order valence-corrected chi connectivity index (χ2v) is 6.46. The highest BCUT2D eigenvalue weighted by molar-refractivity contribution is 7.80. The molecule has 5 nitrogen and oxygen atoms in total. The first kappa shape index (κ1) is 18.8. The van der Waals surface area contributed by atoms with Gasteiger partial charge in [0.1, 0.15) is 11.5 Å². The van der Waals surface area contributed by atoms with Crippen molar-refractivity contribution in [2.45, 2.75) is 32.1 Å². The Morgan fingerprint density at radius 3 is 2.54 bits per heavy atom. The minimum absolute atomic E-state index is 0.620. The zero-order chi connectivity index (χ0) is 17.2. The van der Waals surface area contributed by atoms with Crippen molar-refractivity contribution in [2.24, 2.45) is 0 Å². The van der Waals surface area contributed by atoms with Crippen molar-refractivity contribution in [1.29, 1.82) is 0 Å². The van der Waals surface area contributed by atoms with Gasteiger partial charge in [0.15, 0.2) is 5.11 Å². The highest BCUT2D eigenvalue weighted by atomic mass is 32.1. The molecule has 0 aromatic heterocycles. The van der Waals surface area contributed by atoms with E-state index in [1.165, 1.54) is 38.8 Å². The Kier molecular flexibility index (Phi) is 8.12. The van der Waals surface area contributed by atoms with Gasteiger partial charge in [-0.25, -0.2) is 0 Å². The summed E-state index contributed by atoms with van der Waals surface area (Å²) in [6.07, 6.45) is 6.54. The van der Waals surface area contributed by atoms with Crippen molar-refractivity contribution in [2.75, 3.05) is 45.7 Å². The smallest absolute Gasteiger partial charge is 0.170 e. The van der Waals surface area contributed by atoms with Gasteiger partial charge in [0, 0.05) is 12.6 Å². The molecule has 0 atom stereocenters. The average molecular weight is 352 g/mol. The van der Waals surface area contributed by atoms with Crippen LogP contribution in [0.1, 0.15) is 32.1 Å². The van der Waals surface area contributed by atoms with Gasteiger partial charge in [-0.15, -0.1) is 0 Å². The lowest BCUT2D eigenvalue weighted by Crippen LogP contribution is -2.32. The number of anilines is 1. The number of rotatable bonds is 7. The largest absolute Gasteiger partial charge is 0.497 e. The van der Waals surface area contributed by atoms with E-state index in [1.807, 2.05) is 18.2 Å². The maximum Gasteiger partial charge on any atom is 0.170 e. The number of hydrogen-bond acceptors (Lipinski definition) is 4. The molecule has 2 rings (SSSR count). The number of benzene rings is 1. The van der Waals surface area contributed by atoms with Crippen LogP contribution in [0.25, 0.3) is 0 Å². The van der Waals surface area contributed by atoms with Crippen LogP contribution in [0, 0.1) is 0 Å². The molecule has 0 radical (unpaired) electrons. The van der Waals surface area contributed by atoms with Crippen LogP contribution in [0.15, 0.2) is 18.2 Å². The molecule has 1 saturated heterocycles. The summed E-state index contributed by atoms with van der Waals surface area (Å²) in [5.74, 6) is 1.47. The van der Waals surface area contributed by atoms with Gasteiger partial charge in [0.2, 0.25) is 0 Å². The quantitative estimate of drug-likeness (QED) is 0.581. The third-order valence-electron chi connectivity index (χ3n) is 4.29. The molecule has 0 unspecified atom stereocenters. The van der Waals surface area contributed by atoms with E-state index < -0.39 is 0 Å². The van der Waals surface area contributed by atoms with Gasteiger partial charge in [-0.3, -0.25) is 0 Å². The zero-order valence-corrected chi connectivity index (χ0v) is 15.6. The predicted octanol–water partition coefficient (Wildman–Crippen LogP) is 3.26. The highest BCUT2D eigenvalue weighted by Crippen LogP contribution is 2.28. The van der Waals surface area contributed by atoms with E-state index in [0.717, 1.165) is 30.9 Å². The fraction of sp³-hybridized carbons (Fsp3) is 0.611. The first-order chi connectivity index (χ1) is 11.7. The van der Waals surface area contributed by atoms with Gasteiger partial charge in [0.25, 0.3) is 0 Å². The Hall–Kier alpha value is -1.53. The van der Waals surface area contributed by atoms with Crippen LogP contribution in [-0.4, -0.2) is 50.4 Å². The molecular weight excluding hydrogens is 322 g/mol. The number of hydrogen-bond donors (Lipinski definition) is 2. The van der Waals surface area contributed by atoms with Crippen molar-refractivity contribution in [3.8, 4) is 11.5 Å². The van der Waals surface area contributed by atoms with Gasteiger partial charge >= 0.3 is 0 Å². The molecule has 1 heterocycles. The molecule has 2 N–H and O–H groups in total. The van der Waals surface area contributed by atoms with Crippen LogP contribution in [0.4, 0.5) is 5.69 Å². The van der Waals surface area contributed by atoms with Gasteiger partial charge in [-0.05, 0) is 63.2 Å². The molecule has 134 valence electrons. The molecule has 1 aliphatic heterocycles. The minimum Gasteiger partial charge on any atom is -0.497 e. The summed E-state index contributed by atoms with van der Waals surface area (Å²) in [5, 5.41) is 7.08. The molecule has 6 heteroatoms. The predicted molar refractivity (Wildman–Crippen MR) is 103 cm³/mol. The maximum atomic E-state index is 5.37. The zero-order valence-electron chi connectivity index (χ0n) is 14.8. The number of ether oxygens (including phenoxy) is 2. The SMILES string of the molecule is COc1ccc(NC(=S)NCCCN2CCCCCC2)c(OC)c1. The molecule has 1 aromatic rings. The summed E-state index contributed by atoms with van der Waals surface area (Å²) in [4.78, 5) is 2.57. The fourth-order valence-corrected chi connectivity index (χ4v) is 3.14. The van der Waals surface area contributed by atoms with Crippen LogP contribution in [0.5, 0.6) is 11.5 Å². The van der Waals surface area contributed by atoms with Crippen LogP contribution in [0.2, 0.25) is 0 Å². The third-order valence-corrected chi connectivity index (χ3v) is 4.54. The standard InChI is InChI=1S/C18H29N3O2S/c1-22-15-8-9-16(17(14-15)23-2)20-18(24)19-10-7-13-21-11-5-3-4-6-12-21/h8-9,14H,3-7,10-13H2,1-2H3,(H2,19,20,24). The van der Waals surface area contributed by atoms with Crippen LogP contribution in [0.3, 0.4) is 0 Å². The fourth-order valence-electron chi connectivity index (χ4n) is 2.93. The van der Waals surface area contributed by atoms with E-state index in [2.05, 4.69) is 15.5 Å². The molecule has 0 saturated carbocycles. The summed E-state index contributed by atoms with van der Waals surface area (Å²) >= 11 is 5.37. The van der Waals surface area contributed by atoms with Crippen LogP contribution in [-0.2, 0) is 0 Å². The third kappa shape index (κ3) is 6.17. The van der Waals surface area contributed by atoms with E-state index in [4.69, 9.17) is 21.7 Å². The Bertz CT molecular complexity index is 517. The van der Waals surface area contributed by atoms with Crippen molar-refractivity contribution in [3.05, 3.63) is 18.2 Å². The van der Waals surface area contributed by atoms with Gasteiger partial charge in [-0.2, -0.15) is 0 Å². The number of nitrogens with one attached hydrogen (secondary N) is 2. The van der Waals surface area contributed by atoms with Gasteiger partial charge in [0.05, 0.1) is 19.9 Å². The molecule has 0 spiro atoms. The van der Waals surface area contributed by atoms with E-state index in [-0.39, 0.29) is 0 Å². The first-order valence-electron chi connectivity index (χ1n) is 8.72. The number of methoxy groups -OCH3 is 2. The van der Waals surface area contributed by atoms with Crippen molar-refractivity contribution in [1.82, 2.24) is 10.2 Å². The van der Waals surface area contributed by atoms with Crippen molar-refractivity contribution < 1.29 is 9.47 Å². The lowest BCUT2D eigenvalue weighted by Gasteiger charge is -2.20. The van der Waals surface area contributed by atoms with E-state index in [0.29, 0.717) is 10.9 Å². The second-order valence-electron chi connectivity index (χ2n) is 6.06.